The van der Waals surface area contributed by atoms with Gasteiger partial charge in [-0.15, -0.1) is 0 Å². The summed E-state index contributed by atoms with van der Waals surface area (Å²) in [7, 11) is -1.12. The number of amides is 4. The third-order valence-corrected chi connectivity index (χ3v) is 22.9. The smallest absolute Gasteiger partial charge is 0.404 e. The number of benzene rings is 2. The van der Waals surface area contributed by atoms with Crippen molar-refractivity contribution in [2.75, 3.05) is 72.1 Å². The summed E-state index contributed by atoms with van der Waals surface area (Å²) in [5.74, 6) is -5.15. The van der Waals surface area contributed by atoms with Crippen molar-refractivity contribution in [2.45, 2.75) is 204 Å². The lowest BCUT2D eigenvalue weighted by Gasteiger charge is -2.64. The van der Waals surface area contributed by atoms with E-state index in [1.54, 1.807) is 37.5 Å². The summed E-state index contributed by atoms with van der Waals surface area (Å²) >= 11 is 0. The first kappa shape index (κ1) is 72.0. The van der Waals surface area contributed by atoms with Gasteiger partial charge in [0.2, 0.25) is 17.5 Å². The van der Waals surface area contributed by atoms with Crippen LogP contribution in [0.3, 0.4) is 0 Å². The van der Waals surface area contributed by atoms with Gasteiger partial charge in [-0.2, -0.15) is 0 Å². The summed E-state index contributed by atoms with van der Waals surface area (Å²) in [4.78, 5) is 75.8. The summed E-state index contributed by atoms with van der Waals surface area (Å²) < 4.78 is 91.4. The number of halogens is 4. The molecule has 4 bridgehead atoms. The highest BCUT2D eigenvalue weighted by Crippen LogP contribution is 2.67. The third kappa shape index (κ3) is 15.9. The monoisotopic (exact) mass is 1320 g/mol. The highest BCUT2D eigenvalue weighted by Gasteiger charge is 2.70. The molecule has 2 aromatic carbocycles. The fraction of sp³-hybridized carbons (Fsp3) is 0.700. The average Bonchev–Trinajstić information content (AvgIpc) is 1.66. The van der Waals surface area contributed by atoms with Crippen LogP contribution >= 0.6 is 0 Å². The molecule has 516 valence electrons. The van der Waals surface area contributed by atoms with E-state index in [4.69, 9.17) is 41.2 Å². The molecule has 25 heteroatoms. The topological polar surface area (TPSA) is 186 Å². The Labute approximate surface area is 558 Å². The first-order valence-electron chi connectivity index (χ1n) is 34.0. The van der Waals surface area contributed by atoms with Crippen LogP contribution in [0.5, 0.6) is 0 Å². The second-order valence-electron chi connectivity index (χ2n) is 30.8. The van der Waals surface area contributed by atoms with E-state index in [1.165, 1.54) is 22.3 Å². The molecule has 95 heavy (non-hydrogen) atoms. The number of hydrogen-bond acceptors (Lipinski definition) is 13. The van der Waals surface area contributed by atoms with Crippen molar-refractivity contribution >= 4 is 44.2 Å². The van der Waals surface area contributed by atoms with Crippen molar-refractivity contribution in [3.05, 3.63) is 106 Å². The van der Waals surface area contributed by atoms with Crippen LogP contribution in [0, 0.1) is 47.6 Å². The fourth-order valence-corrected chi connectivity index (χ4v) is 16.8. The van der Waals surface area contributed by atoms with Crippen molar-refractivity contribution in [1.29, 1.82) is 0 Å². The fourth-order valence-electron chi connectivity index (χ4n) is 16.8. The van der Waals surface area contributed by atoms with Gasteiger partial charge in [0.1, 0.15) is 6.29 Å². The van der Waals surface area contributed by atoms with Gasteiger partial charge in [0.05, 0.1) is 98.8 Å². The minimum Gasteiger partial charge on any atom is -0.404 e. The van der Waals surface area contributed by atoms with Crippen molar-refractivity contribution in [3.63, 3.8) is 0 Å². The van der Waals surface area contributed by atoms with E-state index in [1.807, 2.05) is 60.7 Å². The molecule has 2 aromatic rings. The zero-order valence-electron chi connectivity index (χ0n) is 56.9. The first-order valence-corrected chi connectivity index (χ1v) is 34.0. The number of nitrogens with zero attached hydrogens (tertiary/aromatic N) is 6. The summed E-state index contributed by atoms with van der Waals surface area (Å²) in [5, 5.41) is 6.36. The van der Waals surface area contributed by atoms with Crippen LogP contribution in [0.2, 0.25) is 0 Å². The number of likely N-dealkylation sites (tertiary alicyclic amines) is 2. The molecule has 6 aliphatic carbocycles. The summed E-state index contributed by atoms with van der Waals surface area (Å²) in [6.07, 6.45) is 6.41. The first-order chi connectivity index (χ1) is 44.7. The molecule has 0 aromatic heterocycles. The van der Waals surface area contributed by atoms with Gasteiger partial charge in [-0.05, 0) is 126 Å². The van der Waals surface area contributed by atoms with Crippen LogP contribution < -0.4 is 10.6 Å². The predicted octanol–water partition coefficient (Wildman–Crippen LogP) is 8.34. The molecule has 19 nitrogen and oxygen atoms in total. The van der Waals surface area contributed by atoms with Crippen LogP contribution in [-0.4, -0.2) is 206 Å². The molecule has 0 spiro atoms. The lowest BCUT2D eigenvalue weighted by molar-refractivity contribution is -0.199. The van der Waals surface area contributed by atoms with Gasteiger partial charge >= 0.3 is 20.1 Å². The van der Waals surface area contributed by atoms with Crippen LogP contribution in [0.25, 0.3) is 9.69 Å². The van der Waals surface area contributed by atoms with Gasteiger partial charge < -0.3 is 58.2 Å². The molecule has 0 radical (unpaired) electrons. The lowest BCUT2D eigenvalue weighted by Crippen LogP contribution is -2.65. The number of aldehydes is 1. The van der Waals surface area contributed by atoms with Crippen molar-refractivity contribution < 1.29 is 69.6 Å². The summed E-state index contributed by atoms with van der Waals surface area (Å²) in [5.41, 5.74) is 0.0752. The molecule has 6 saturated carbocycles. The Kier molecular flexibility index (Phi) is 21.4. The molecule has 0 unspecified atom stereocenters. The van der Waals surface area contributed by atoms with E-state index in [0.717, 1.165) is 30.4 Å². The number of ether oxygens (including phenoxy) is 2. The summed E-state index contributed by atoms with van der Waals surface area (Å²) in [6.45, 7) is 36.4. The highest BCUT2D eigenvalue weighted by atomic mass is 19.3. The van der Waals surface area contributed by atoms with Crippen molar-refractivity contribution in [2.24, 2.45) is 34.5 Å². The molecule has 12 fully saturated rings. The Morgan fingerprint density at radius 2 is 1.07 bits per heavy atom. The lowest BCUT2D eigenvalue weighted by atomic mass is 9.43. The van der Waals surface area contributed by atoms with E-state index in [-0.39, 0.29) is 123 Å². The van der Waals surface area contributed by atoms with E-state index >= 15 is 0 Å². The Hall–Kier alpha value is -5.76. The maximum absolute atomic E-state index is 13.9. The molecule has 12 atom stereocenters. The number of morpholine rings is 2. The second kappa shape index (κ2) is 28.2. The van der Waals surface area contributed by atoms with E-state index < -0.39 is 73.4 Å². The number of nitrogens with one attached hydrogen (secondary N) is 2. The van der Waals surface area contributed by atoms with Gasteiger partial charge in [0.25, 0.3) is 24.3 Å². The number of rotatable bonds is 18. The average molecular weight is 1320 g/mol. The van der Waals surface area contributed by atoms with Crippen LogP contribution in [0.4, 0.5) is 17.6 Å². The van der Waals surface area contributed by atoms with Gasteiger partial charge in [-0.25, -0.2) is 29.0 Å². The molecule has 2 N–H and O–H groups in total. The van der Waals surface area contributed by atoms with Gasteiger partial charge in [-0.3, -0.25) is 29.0 Å². The van der Waals surface area contributed by atoms with Crippen LogP contribution in [0.15, 0.2) is 72.4 Å². The molecular formula is C70H96B2F4N8O11. The van der Waals surface area contributed by atoms with E-state index in [0.29, 0.717) is 69.0 Å². The van der Waals surface area contributed by atoms with Crippen LogP contribution in [0.1, 0.15) is 132 Å². The Morgan fingerprint density at radius 3 is 1.47 bits per heavy atom. The van der Waals surface area contributed by atoms with Gasteiger partial charge in [0, 0.05) is 57.6 Å². The minimum absolute atomic E-state index is 0.0164. The number of hydrogen-bond donors (Lipinski definition) is 2. The van der Waals surface area contributed by atoms with Crippen molar-refractivity contribution in [1.82, 2.24) is 30.2 Å². The van der Waals surface area contributed by atoms with E-state index in [2.05, 4.69) is 61.9 Å². The Balaban J connectivity index is 0.000000180. The second-order valence-corrected chi connectivity index (χ2v) is 30.8. The third-order valence-electron chi connectivity index (χ3n) is 22.9. The molecular weight excluding hydrogens is 1230 g/mol. The van der Waals surface area contributed by atoms with Crippen molar-refractivity contribution in [3.8, 4) is 0 Å². The molecule has 4 amide bonds. The molecule has 6 heterocycles. The SMILES string of the molecule is CC(C)(C=O)N1CCC(F)(F)C1.[C-]#[N+]C(=CC(C)(C)N1CCC(F)(F)C1)C(=O)N1CCO[C@H](CC(=O)N[C@@H](Cc2ccccc2)B2O[C@@H]3C[C@@H]4C[C@@H](C4(C)C)[C@]3(C)O2)C1.[C-]#[N+]CC(=O)N1CCO[C@H](CC(=O)N[C@@H](Cc2ccccc2)B2O[C@@H]3C[C@@H]4C[C@@H](C4(C)C)[C@]3(C)O2)C1. The zero-order valence-corrected chi connectivity index (χ0v) is 56.9. The Morgan fingerprint density at radius 1 is 0.642 bits per heavy atom. The molecule has 6 aliphatic heterocycles. The largest absolute Gasteiger partial charge is 0.482 e. The van der Waals surface area contributed by atoms with Gasteiger partial charge in [0.15, 0.2) is 0 Å². The highest BCUT2D eigenvalue weighted by molar-refractivity contribution is 6.48. The normalized spacial score (nSPS) is 31.6. The standard InChI is InChI=1S/C35H47BF2N4O5.C27H36BN3O5.C8H13F2NO/c1-32(2,42-13-12-35(37,38)22-42)20-26(39-6)31(44)41-14-15-45-25(21-41)19-30(43)40-29(16-23-10-8-7-9-11-23)36-46-28-18-24-17-27(33(24,3)4)34(28,5)47-36;1-26(2)19-13-21(26)27(3)22(14-19)35-28(36-27)23(12-18-8-6-5-7-9-18)30-24(32)15-20-17-31(10-11-34-20)25(33)16-29-4;1-7(2,6-12)11-4-3-8(9,10)5-11/h7-11,20,24-25,27-29H,12-19,21-22H2,1-5H3,(H,40,43);5-9,19-23H,10-17H2,1-3H3,(H,30,32);6H,3-5H2,1-2H3/t24-,25+,27-,28+,29-,34-;19-,20+,21-,22+,23-,27-;/m00./s1. The molecule has 14 rings (SSSR count). The number of carbonyl (C=O) groups is 5. The Bertz CT molecular complexity index is 3230. The quantitative estimate of drug-likeness (QED) is 0.0478. The maximum atomic E-state index is 13.9. The van der Waals surface area contributed by atoms with E-state index in [9.17, 15) is 41.5 Å². The summed E-state index contributed by atoms with van der Waals surface area (Å²) in [6, 6.07) is 20.0. The minimum atomic E-state index is -2.78. The zero-order chi connectivity index (χ0) is 68.7. The number of alkyl halides is 4. The molecule has 12 aliphatic rings. The number of carbonyl (C=O) groups excluding carboxylic acids is 5. The van der Waals surface area contributed by atoms with Gasteiger partial charge in [-0.1, -0.05) is 94.4 Å². The molecule has 6 saturated heterocycles. The maximum Gasteiger partial charge on any atom is 0.482 e. The predicted molar refractivity (Wildman–Crippen MR) is 349 cm³/mol. The van der Waals surface area contributed by atoms with Crippen LogP contribution in [-0.2, 0) is 64.9 Å².